The summed E-state index contributed by atoms with van der Waals surface area (Å²) in [6, 6.07) is 12.7. The summed E-state index contributed by atoms with van der Waals surface area (Å²) in [6.07, 6.45) is 6.85. The smallest absolute Gasteiger partial charge is 0.123 e. The van der Waals surface area contributed by atoms with Crippen molar-refractivity contribution in [2.45, 2.75) is 38.0 Å². The fourth-order valence-corrected chi connectivity index (χ4v) is 3.74. The van der Waals surface area contributed by atoms with E-state index in [1.807, 2.05) is 0 Å². The SMILES string of the molecule is O/C=C(/C1CCCCC1)C(c1ccc(F)cc1)c1ccc(F)cc1. The minimum atomic E-state index is -0.288. The van der Waals surface area contributed by atoms with Crippen molar-refractivity contribution >= 4 is 0 Å². The molecule has 1 aliphatic rings. The highest BCUT2D eigenvalue weighted by atomic mass is 19.1. The van der Waals surface area contributed by atoms with Crippen LogP contribution in [0.15, 0.2) is 60.4 Å². The van der Waals surface area contributed by atoms with E-state index in [1.165, 1.54) is 36.9 Å². The number of aliphatic hydroxyl groups excluding tert-OH is 1. The number of hydrogen-bond donors (Lipinski definition) is 1. The molecule has 0 saturated heterocycles. The third-order valence-electron chi connectivity index (χ3n) is 4.97. The van der Waals surface area contributed by atoms with E-state index in [1.54, 1.807) is 24.3 Å². The van der Waals surface area contributed by atoms with Crippen molar-refractivity contribution in [2.75, 3.05) is 0 Å². The first-order chi connectivity index (χ1) is 11.7. The van der Waals surface area contributed by atoms with Crippen LogP contribution in [0.2, 0.25) is 0 Å². The van der Waals surface area contributed by atoms with Crippen molar-refractivity contribution in [1.82, 2.24) is 0 Å². The Hall–Kier alpha value is -2.16. The minimum Gasteiger partial charge on any atom is -0.516 e. The lowest BCUT2D eigenvalue weighted by molar-refractivity contribution is 0.371. The second kappa shape index (κ2) is 7.61. The second-order valence-corrected chi connectivity index (χ2v) is 6.50. The molecule has 1 fully saturated rings. The first kappa shape index (κ1) is 16.7. The van der Waals surface area contributed by atoms with Gasteiger partial charge in [-0.3, -0.25) is 0 Å². The van der Waals surface area contributed by atoms with E-state index in [4.69, 9.17) is 0 Å². The largest absolute Gasteiger partial charge is 0.516 e. The van der Waals surface area contributed by atoms with Gasteiger partial charge in [0.05, 0.1) is 6.26 Å². The van der Waals surface area contributed by atoms with Crippen LogP contribution in [0.4, 0.5) is 8.78 Å². The van der Waals surface area contributed by atoms with Gasteiger partial charge < -0.3 is 5.11 Å². The lowest BCUT2D eigenvalue weighted by atomic mass is 9.74. The van der Waals surface area contributed by atoms with Crippen molar-refractivity contribution in [2.24, 2.45) is 5.92 Å². The molecule has 0 bridgehead atoms. The van der Waals surface area contributed by atoms with Crippen LogP contribution in [0.25, 0.3) is 0 Å². The number of allylic oxidation sites excluding steroid dienone is 1. The zero-order valence-electron chi connectivity index (χ0n) is 13.6. The summed E-state index contributed by atoms with van der Waals surface area (Å²) in [5.41, 5.74) is 2.76. The van der Waals surface area contributed by atoms with Crippen LogP contribution in [0.1, 0.15) is 49.1 Å². The molecule has 0 aromatic heterocycles. The Morgan fingerprint density at radius 1 is 0.833 bits per heavy atom. The summed E-state index contributed by atoms with van der Waals surface area (Å²) in [6.45, 7) is 0. The van der Waals surface area contributed by atoms with Crippen LogP contribution in [-0.2, 0) is 0 Å². The van der Waals surface area contributed by atoms with Crippen molar-refractivity contribution in [3.63, 3.8) is 0 Å². The summed E-state index contributed by atoms with van der Waals surface area (Å²) in [7, 11) is 0. The summed E-state index contributed by atoms with van der Waals surface area (Å²) >= 11 is 0. The highest BCUT2D eigenvalue weighted by Gasteiger charge is 2.27. The van der Waals surface area contributed by atoms with Crippen LogP contribution >= 0.6 is 0 Å². The van der Waals surface area contributed by atoms with Gasteiger partial charge in [0.25, 0.3) is 0 Å². The van der Waals surface area contributed by atoms with E-state index in [0.29, 0.717) is 5.92 Å². The molecular formula is C21H22F2O. The van der Waals surface area contributed by atoms with Gasteiger partial charge in [0.1, 0.15) is 11.6 Å². The molecule has 0 heterocycles. The molecule has 2 aromatic carbocycles. The van der Waals surface area contributed by atoms with Gasteiger partial charge in [-0.1, -0.05) is 43.5 Å². The quantitative estimate of drug-likeness (QED) is 0.670. The molecule has 1 nitrogen and oxygen atoms in total. The summed E-state index contributed by atoms with van der Waals surface area (Å²) in [5.74, 6) is -0.448. The topological polar surface area (TPSA) is 20.2 Å². The molecule has 0 radical (unpaired) electrons. The van der Waals surface area contributed by atoms with Gasteiger partial charge in [0.2, 0.25) is 0 Å². The van der Waals surface area contributed by atoms with Crippen LogP contribution < -0.4 is 0 Å². The third kappa shape index (κ3) is 3.66. The number of hydrogen-bond acceptors (Lipinski definition) is 1. The molecule has 126 valence electrons. The molecule has 0 aliphatic heterocycles. The zero-order chi connectivity index (χ0) is 16.9. The lowest BCUT2D eigenvalue weighted by Crippen LogP contribution is -2.16. The van der Waals surface area contributed by atoms with E-state index >= 15 is 0 Å². The predicted octanol–water partition coefficient (Wildman–Crippen LogP) is 6.12. The highest BCUT2D eigenvalue weighted by molar-refractivity contribution is 5.41. The van der Waals surface area contributed by atoms with Crippen molar-refractivity contribution in [3.05, 3.63) is 83.1 Å². The molecular weight excluding hydrogens is 306 g/mol. The molecule has 3 rings (SSSR count). The number of halogens is 2. The molecule has 1 saturated carbocycles. The van der Waals surface area contributed by atoms with Gasteiger partial charge in [-0.25, -0.2) is 8.78 Å². The summed E-state index contributed by atoms with van der Waals surface area (Å²) < 4.78 is 26.7. The molecule has 24 heavy (non-hydrogen) atoms. The Bertz CT molecular complexity index is 637. The molecule has 2 aromatic rings. The lowest BCUT2D eigenvalue weighted by Gasteiger charge is -2.30. The van der Waals surface area contributed by atoms with Crippen molar-refractivity contribution in [3.8, 4) is 0 Å². The Balaban J connectivity index is 2.03. The van der Waals surface area contributed by atoms with Crippen LogP contribution in [0.3, 0.4) is 0 Å². The average Bonchev–Trinajstić information content (AvgIpc) is 2.62. The number of aliphatic hydroxyl groups is 1. The van der Waals surface area contributed by atoms with E-state index in [0.717, 1.165) is 42.4 Å². The van der Waals surface area contributed by atoms with Crippen molar-refractivity contribution < 1.29 is 13.9 Å². The maximum atomic E-state index is 13.3. The predicted molar refractivity (Wildman–Crippen MR) is 91.9 cm³/mol. The van der Waals surface area contributed by atoms with Gasteiger partial charge in [-0.05, 0) is 59.7 Å². The molecule has 1 N–H and O–H groups in total. The van der Waals surface area contributed by atoms with E-state index in [9.17, 15) is 13.9 Å². The van der Waals surface area contributed by atoms with Gasteiger partial charge in [0, 0.05) is 5.92 Å². The maximum Gasteiger partial charge on any atom is 0.123 e. The van der Waals surface area contributed by atoms with Crippen LogP contribution in [0, 0.1) is 17.6 Å². The highest BCUT2D eigenvalue weighted by Crippen LogP contribution is 2.41. The zero-order valence-corrected chi connectivity index (χ0v) is 13.6. The fourth-order valence-electron chi connectivity index (χ4n) is 3.74. The van der Waals surface area contributed by atoms with E-state index in [2.05, 4.69) is 0 Å². The second-order valence-electron chi connectivity index (χ2n) is 6.50. The first-order valence-electron chi connectivity index (χ1n) is 8.54. The summed E-state index contributed by atoms with van der Waals surface area (Å²) in [5, 5.41) is 9.97. The molecule has 3 heteroatoms. The van der Waals surface area contributed by atoms with Gasteiger partial charge in [0.15, 0.2) is 0 Å². The minimum absolute atomic E-state index is 0.181. The number of rotatable bonds is 4. The molecule has 0 atom stereocenters. The average molecular weight is 328 g/mol. The van der Waals surface area contributed by atoms with E-state index < -0.39 is 0 Å². The monoisotopic (exact) mass is 328 g/mol. The van der Waals surface area contributed by atoms with Gasteiger partial charge in [-0.2, -0.15) is 0 Å². The Morgan fingerprint density at radius 2 is 1.29 bits per heavy atom. The standard InChI is InChI=1S/C21H22F2O/c22-18-10-6-16(7-11-18)21(17-8-12-19(23)13-9-17)20(14-24)15-4-2-1-3-5-15/h6-15,21,24H,1-5H2/b20-14-. The van der Waals surface area contributed by atoms with Gasteiger partial charge in [-0.15, -0.1) is 0 Å². The Kier molecular flexibility index (Phi) is 5.29. The number of benzene rings is 2. The molecule has 0 spiro atoms. The van der Waals surface area contributed by atoms with Crippen molar-refractivity contribution in [1.29, 1.82) is 0 Å². The summed E-state index contributed by atoms with van der Waals surface area (Å²) in [4.78, 5) is 0. The third-order valence-corrected chi connectivity index (χ3v) is 4.97. The van der Waals surface area contributed by atoms with Crippen LogP contribution in [-0.4, -0.2) is 5.11 Å². The van der Waals surface area contributed by atoms with Crippen LogP contribution in [0.5, 0.6) is 0 Å². The van der Waals surface area contributed by atoms with Gasteiger partial charge >= 0.3 is 0 Å². The maximum absolute atomic E-state index is 13.3. The Morgan fingerprint density at radius 3 is 1.71 bits per heavy atom. The normalized spacial score (nSPS) is 16.5. The first-order valence-corrected chi connectivity index (χ1v) is 8.54. The van der Waals surface area contributed by atoms with E-state index in [-0.39, 0.29) is 17.6 Å². The molecule has 1 aliphatic carbocycles. The molecule has 0 unspecified atom stereocenters. The fraction of sp³-hybridized carbons (Fsp3) is 0.333. The molecule has 0 amide bonds. The Labute approximate surface area is 141 Å².